The number of nitrogens with zero attached hydrogens (tertiary/aromatic N) is 1. The van der Waals surface area contributed by atoms with Crippen molar-refractivity contribution in [3.63, 3.8) is 0 Å². The molecular formula is C15H14NO3PS. The topological polar surface area (TPSA) is 62.5 Å². The Morgan fingerprint density at radius 1 is 1.19 bits per heavy atom. The Bertz CT molecular complexity index is 713. The monoisotopic (exact) mass is 319 g/mol. The predicted molar refractivity (Wildman–Crippen MR) is 84.7 cm³/mol. The Labute approximate surface area is 128 Å². The van der Waals surface area contributed by atoms with E-state index in [2.05, 4.69) is 6.07 Å². The molecule has 6 heteroatoms. The van der Waals surface area contributed by atoms with Crippen molar-refractivity contribution in [2.24, 2.45) is 0 Å². The Morgan fingerprint density at radius 2 is 1.90 bits per heavy atom. The standard InChI is InChI=1S/C15H14NO3PS/c1-2-13-10-12(11-16)8-9-15(13)19-20(17,21)18-14-6-4-3-5-7-14/h3-10H,2H2,1H3,(H,17,21). The average Bonchev–Trinajstić information content (AvgIpc) is 2.47. The number of benzene rings is 2. The van der Waals surface area contributed by atoms with E-state index >= 15 is 0 Å². The van der Waals surface area contributed by atoms with Crippen molar-refractivity contribution in [2.45, 2.75) is 13.3 Å². The van der Waals surface area contributed by atoms with Gasteiger partial charge < -0.3 is 13.9 Å². The first-order valence-corrected chi connectivity index (χ1v) is 8.93. The minimum absolute atomic E-state index is 0.443. The fourth-order valence-corrected chi connectivity index (χ4v) is 3.12. The summed E-state index contributed by atoms with van der Waals surface area (Å²) in [6.07, 6.45) is 0.658. The van der Waals surface area contributed by atoms with Gasteiger partial charge in [0, 0.05) is 11.8 Å². The zero-order valence-electron chi connectivity index (χ0n) is 11.4. The Hall–Kier alpha value is -1.86. The van der Waals surface area contributed by atoms with Crippen molar-refractivity contribution >= 4 is 18.5 Å². The van der Waals surface area contributed by atoms with Crippen molar-refractivity contribution in [3.05, 3.63) is 59.7 Å². The predicted octanol–water partition coefficient (Wildman–Crippen LogP) is 3.80. The summed E-state index contributed by atoms with van der Waals surface area (Å²) in [7, 11) is 0. The van der Waals surface area contributed by atoms with Gasteiger partial charge in [0.1, 0.15) is 11.5 Å². The van der Waals surface area contributed by atoms with Crippen molar-refractivity contribution < 1.29 is 13.9 Å². The molecular weight excluding hydrogens is 305 g/mol. The van der Waals surface area contributed by atoms with Crippen LogP contribution >= 0.6 is 6.72 Å². The minimum atomic E-state index is -3.45. The maximum absolute atomic E-state index is 10.2. The quantitative estimate of drug-likeness (QED) is 0.849. The van der Waals surface area contributed by atoms with Crippen LogP contribution in [-0.4, -0.2) is 4.89 Å². The first-order chi connectivity index (χ1) is 10.0. The van der Waals surface area contributed by atoms with Gasteiger partial charge in [0.2, 0.25) is 0 Å². The van der Waals surface area contributed by atoms with Gasteiger partial charge in [-0.25, -0.2) is 0 Å². The molecule has 0 saturated heterocycles. The maximum atomic E-state index is 10.2. The Balaban J connectivity index is 2.20. The van der Waals surface area contributed by atoms with Gasteiger partial charge in [0.15, 0.2) is 0 Å². The lowest BCUT2D eigenvalue weighted by Gasteiger charge is -2.19. The normalized spacial score (nSPS) is 13.0. The summed E-state index contributed by atoms with van der Waals surface area (Å²) in [6.45, 7) is -1.52. The number of rotatable bonds is 5. The smallest absolute Gasteiger partial charge is 0.416 e. The van der Waals surface area contributed by atoms with E-state index in [0.717, 1.165) is 5.56 Å². The largest absolute Gasteiger partial charge is 0.432 e. The highest BCUT2D eigenvalue weighted by molar-refractivity contribution is 8.07. The van der Waals surface area contributed by atoms with Gasteiger partial charge in [0.05, 0.1) is 11.6 Å². The second-order valence-corrected chi connectivity index (χ2v) is 6.94. The molecule has 1 atom stereocenters. The van der Waals surface area contributed by atoms with Gasteiger partial charge in [0.25, 0.3) is 0 Å². The fraction of sp³-hybridized carbons (Fsp3) is 0.133. The van der Waals surface area contributed by atoms with Crippen LogP contribution < -0.4 is 9.05 Å². The molecule has 2 aromatic rings. The summed E-state index contributed by atoms with van der Waals surface area (Å²) in [5.74, 6) is 0.897. The molecule has 2 rings (SSSR count). The van der Waals surface area contributed by atoms with Gasteiger partial charge in [-0.3, -0.25) is 0 Å². The summed E-state index contributed by atoms with van der Waals surface area (Å²) < 4.78 is 10.8. The minimum Gasteiger partial charge on any atom is -0.416 e. The fourth-order valence-electron chi connectivity index (χ4n) is 1.77. The van der Waals surface area contributed by atoms with E-state index < -0.39 is 6.72 Å². The first-order valence-electron chi connectivity index (χ1n) is 6.34. The molecule has 1 unspecified atom stereocenters. The molecule has 0 aromatic heterocycles. The van der Waals surface area contributed by atoms with E-state index in [-0.39, 0.29) is 0 Å². The molecule has 0 aliphatic rings. The second kappa shape index (κ2) is 6.73. The van der Waals surface area contributed by atoms with Gasteiger partial charge in [-0.15, -0.1) is 0 Å². The molecule has 0 saturated carbocycles. The molecule has 0 aliphatic heterocycles. The molecule has 0 fully saturated rings. The van der Waals surface area contributed by atoms with Crippen molar-refractivity contribution in [2.75, 3.05) is 0 Å². The zero-order valence-corrected chi connectivity index (χ0v) is 13.1. The van der Waals surface area contributed by atoms with Crippen molar-refractivity contribution in [3.8, 4) is 17.6 Å². The second-order valence-electron chi connectivity index (χ2n) is 4.25. The SMILES string of the molecule is CCc1cc(C#N)ccc1OP(O)(=S)Oc1ccccc1. The lowest BCUT2D eigenvalue weighted by atomic mass is 10.1. The summed E-state index contributed by atoms with van der Waals surface area (Å²) in [4.78, 5) is 10.2. The summed E-state index contributed by atoms with van der Waals surface area (Å²) in [5.41, 5.74) is 1.34. The highest BCUT2D eigenvalue weighted by Gasteiger charge is 2.20. The van der Waals surface area contributed by atoms with E-state index in [4.69, 9.17) is 26.1 Å². The molecule has 4 nitrogen and oxygen atoms in total. The number of aryl methyl sites for hydroxylation is 1. The van der Waals surface area contributed by atoms with E-state index in [1.165, 1.54) is 0 Å². The lowest BCUT2D eigenvalue weighted by molar-refractivity contribution is 0.376. The van der Waals surface area contributed by atoms with Gasteiger partial charge in [-0.2, -0.15) is 5.26 Å². The van der Waals surface area contributed by atoms with Crippen LogP contribution in [-0.2, 0) is 18.2 Å². The molecule has 0 radical (unpaired) electrons. The zero-order chi connectivity index (χ0) is 15.3. The summed E-state index contributed by atoms with van der Waals surface area (Å²) in [5, 5.41) is 8.90. The van der Waals surface area contributed by atoms with E-state index in [0.29, 0.717) is 23.5 Å². The number of para-hydroxylation sites is 1. The van der Waals surface area contributed by atoms with E-state index in [1.54, 1.807) is 42.5 Å². The number of nitriles is 1. The van der Waals surface area contributed by atoms with Gasteiger partial charge in [-0.1, -0.05) is 25.1 Å². The molecule has 0 bridgehead atoms. The van der Waals surface area contributed by atoms with E-state index in [1.807, 2.05) is 13.0 Å². The third-order valence-electron chi connectivity index (χ3n) is 2.75. The molecule has 0 aliphatic carbocycles. The molecule has 108 valence electrons. The third kappa shape index (κ3) is 4.30. The number of hydrogen-bond acceptors (Lipinski definition) is 4. The van der Waals surface area contributed by atoms with Crippen molar-refractivity contribution in [1.82, 2.24) is 0 Å². The van der Waals surface area contributed by atoms with Crippen LogP contribution in [0.2, 0.25) is 0 Å². The van der Waals surface area contributed by atoms with Crippen molar-refractivity contribution in [1.29, 1.82) is 5.26 Å². The molecule has 0 amide bonds. The average molecular weight is 319 g/mol. The summed E-state index contributed by atoms with van der Waals surface area (Å²) in [6, 6.07) is 15.8. The van der Waals surface area contributed by atoms with Crippen LogP contribution in [0.3, 0.4) is 0 Å². The first kappa shape index (κ1) is 15.5. The molecule has 2 aromatic carbocycles. The highest BCUT2D eigenvalue weighted by Crippen LogP contribution is 2.45. The third-order valence-corrected chi connectivity index (χ3v) is 4.06. The summed E-state index contributed by atoms with van der Waals surface area (Å²) >= 11 is 5.03. The molecule has 0 spiro atoms. The van der Waals surface area contributed by atoms with Crippen LogP contribution in [0.1, 0.15) is 18.1 Å². The lowest BCUT2D eigenvalue weighted by Crippen LogP contribution is -2.01. The Morgan fingerprint density at radius 3 is 2.52 bits per heavy atom. The van der Waals surface area contributed by atoms with Crippen LogP contribution in [0.5, 0.6) is 11.5 Å². The van der Waals surface area contributed by atoms with Crippen LogP contribution in [0, 0.1) is 11.3 Å². The van der Waals surface area contributed by atoms with Crippen LogP contribution in [0.4, 0.5) is 0 Å². The molecule has 0 heterocycles. The maximum Gasteiger partial charge on any atom is 0.432 e. The molecule has 1 N–H and O–H groups in total. The Kier molecular flexibility index (Phi) is 4.98. The molecule has 21 heavy (non-hydrogen) atoms. The van der Waals surface area contributed by atoms with Gasteiger partial charge in [-0.05, 0) is 42.3 Å². The van der Waals surface area contributed by atoms with Crippen LogP contribution in [0.25, 0.3) is 0 Å². The number of hydrogen-bond donors (Lipinski definition) is 1. The van der Waals surface area contributed by atoms with Gasteiger partial charge >= 0.3 is 6.72 Å². The van der Waals surface area contributed by atoms with E-state index in [9.17, 15) is 4.89 Å². The highest BCUT2D eigenvalue weighted by atomic mass is 32.5. The van der Waals surface area contributed by atoms with Crippen LogP contribution in [0.15, 0.2) is 48.5 Å².